The molecule has 1 aromatic carbocycles. The molecule has 0 saturated heterocycles. The third-order valence-corrected chi connectivity index (χ3v) is 6.59. The van der Waals surface area contributed by atoms with E-state index in [0.29, 0.717) is 5.92 Å². The van der Waals surface area contributed by atoms with E-state index in [-0.39, 0.29) is 24.0 Å². The van der Waals surface area contributed by atoms with Crippen LogP contribution in [-0.2, 0) is 4.79 Å². The number of furan rings is 1. The van der Waals surface area contributed by atoms with Crippen LogP contribution in [0.15, 0.2) is 28.9 Å². The molecule has 1 amide bonds. The van der Waals surface area contributed by atoms with Crippen molar-refractivity contribution < 1.29 is 19.1 Å². The van der Waals surface area contributed by atoms with Gasteiger partial charge in [-0.3, -0.25) is 4.79 Å². The average molecular weight is 386 g/mol. The Morgan fingerprint density at radius 3 is 2.61 bits per heavy atom. The lowest BCUT2D eigenvalue weighted by molar-refractivity contribution is -0.131. The van der Waals surface area contributed by atoms with Gasteiger partial charge in [0.25, 0.3) is 0 Å². The van der Waals surface area contributed by atoms with Crippen LogP contribution in [0.5, 0.6) is 5.75 Å². The number of nitrogens with one attached hydrogen (secondary N) is 1. The van der Waals surface area contributed by atoms with E-state index in [1.807, 2.05) is 39.0 Å². The Bertz CT molecular complexity index is 836. The van der Waals surface area contributed by atoms with Gasteiger partial charge in [0.1, 0.15) is 6.10 Å². The molecule has 0 aliphatic heterocycles. The Balaban J connectivity index is 1.25. The van der Waals surface area contributed by atoms with Crippen LogP contribution in [0.4, 0.5) is 0 Å². The molecule has 2 N–H and O–H groups in total. The monoisotopic (exact) mass is 385 g/mol. The summed E-state index contributed by atoms with van der Waals surface area (Å²) in [6, 6.07) is 6.18. The van der Waals surface area contributed by atoms with E-state index < -0.39 is 5.60 Å². The first-order valence-electron chi connectivity index (χ1n) is 10.5. The quantitative estimate of drug-likeness (QED) is 0.803. The van der Waals surface area contributed by atoms with Crippen LogP contribution in [0.2, 0.25) is 0 Å². The predicted octanol–water partition coefficient (Wildman–Crippen LogP) is 4.34. The lowest BCUT2D eigenvalue weighted by Crippen LogP contribution is -2.48. The van der Waals surface area contributed by atoms with Crippen molar-refractivity contribution in [3.8, 4) is 5.75 Å². The minimum absolute atomic E-state index is 0.0366. The number of ether oxygens (including phenoxy) is 1. The Hall–Kier alpha value is -2.01. The van der Waals surface area contributed by atoms with Crippen molar-refractivity contribution in [1.82, 2.24) is 5.32 Å². The van der Waals surface area contributed by atoms with Crippen molar-refractivity contribution in [3.63, 3.8) is 0 Å². The van der Waals surface area contributed by atoms with Gasteiger partial charge >= 0.3 is 0 Å². The Morgan fingerprint density at radius 1 is 1.21 bits per heavy atom. The number of carbonyl (C=O) groups is 1. The molecule has 2 aliphatic rings. The van der Waals surface area contributed by atoms with E-state index >= 15 is 0 Å². The van der Waals surface area contributed by atoms with Crippen LogP contribution in [0.1, 0.15) is 57.9 Å². The molecule has 0 radical (unpaired) electrons. The van der Waals surface area contributed by atoms with Gasteiger partial charge in [0.2, 0.25) is 5.91 Å². The Kier molecular flexibility index (Phi) is 5.13. The van der Waals surface area contributed by atoms with Crippen LogP contribution in [0, 0.1) is 18.8 Å². The minimum Gasteiger partial charge on any atom is -0.486 e. The van der Waals surface area contributed by atoms with Crippen LogP contribution < -0.4 is 10.1 Å². The molecule has 0 spiro atoms. The summed E-state index contributed by atoms with van der Waals surface area (Å²) in [6.07, 6.45) is 7.16. The Labute approximate surface area is 166 Å². The molecule has 0 atom stereocenters. The van der Waals surface area contributed by atoms with Crippen molar-refractivity contribution >= 4 is 16.9 Å². The summed E-state index contributed by atoms with van der Waals surface area (Å²) in [5, 5.41) is 14.4. The number of para-hydroxylation sites is 1. The van der Waals surface area contributed by atoms with Gasteiger partial charge in [-0.15, -0.1) is 0 Å². The molecule has 1 heterocycles. The lowest BCUT2D eigenvalue weighted by atomic mass is 9.76. The van der Waals surface area contributed by atoms with Gasteiger partial charge in [0, 0.05) is 17.3 Å². The number of aliphatic hydroxyl groups is 1. The molecular formula is C23H31NO4. The largest absolute Gasteiger partial charge is 0.486 e. The minimum atomic E-state index is -0.622. The van der Waals surface area contributed by atoms with Crippen LogP contribution >= 0.6 is 0 Å². The second-order valence-electron chi connectivity index (χ2n) is 9.17. The first-order chi connectivity index (χ1) is 13.3. The van der Waals surface area contributed by atoms with Crippen LogP contribution in [0.3, 0.4) is 0 Å². The predicted molar refractivity (Wildman–Crippen MR) is 108 cm³/mol. The normalized spacial score (nSPS) is 28.0. The van der Waals surface area contributed by atoms with Gasteiger partial charge in [0.05, 0.1) is 11.9 Å². The zero-order chi connectivity index (χ0) is 19.9. The van der Waals surface area contributed by atoms with Gasteiger partial charge in [-0.25, -0.2) is 0 Å². The molecule has 2 saturated carbocycles. The van der Waals surface area contributed by atoms with Crippen LogP contribution in [-0.4, -0.2) is 28.8 Å². The third-order valence-electron chi connectivity index (χ3n) is 6.59. The Morgan fingerprint density at radius 2 is 1.93 bits per heavy atom. The number of hydrogen-bond donors (Lipinski definition) is 2. The zero-order valence-corrected chi connectivity index (χ0v) is 17.0. The number of hydrogen-bond acceptors (Lipinski definition) is 4. The molecule has 152 valence electrons. The first kappa shape index (κ1) is 19.3. The van der Waals surface area contributed by atoms with Crippen molar-refractivity contribution in [2.45, 2.75) is 77.0 Å². The highest BCUT2D eigenvalue weighted by Gasteiger charge is 2.38. The number of rotatable bonds is 5. The highest BCUT2D eigenvalue weighted by molar-refractivity contribution is 5.86. The smallest absolute Gasteiger partial charge is 0.223 e. The summed E-state index contributed by atoms with van der Waals surface area (Å²) < 4.78 is 11.7. The van der Waals surface area contributed by atoms with Crippen molar-refractivity contribution in [3.05, 3.63) is 30.0 Å². The van der Waals surface area contributed by atoms with Crippen molar-refractivity contribution in [1.29, 1.82) is 0 Å². The second-order valence-corrected chi connectivity index (χ2v) is 9.17. The average Bonchev–Trinajstić information content (AvgIpc) is 2.99. The molecule has 2 fully saturated rings. The molecule has 2 aromatic rings. The van der Waals surface area contributed by atoms with E-state index in [2.05, 4.69) is 5.32 Å². The molecule has 5 nitrogen and oxygen atoms in total. The molecule has 1 aromatic heterocycles. The summed E-state index contributed by atoms with van der Waals surface area (Å²) in [5.41, 5.74) is 1.27. The third kappa shape index (κ3) is 3.90. The summed E-state index contributed by atoms with van der Waals surface area (Å²) in [7, 11) is 0. The van der Waals surface area contributed by atoms with Crippen molar-refractivity contribution in [2.75, 3.05) is 0 Å². The number of benzene rings is 1. The SMILES string of the molecule is Cc1coc2c(OC3CC(C(=O)NC4CCC(C(C)(C)O)CC4)C3)cccc12. The van der Waals surface area contributed by atoms with Crippen LogP contribution in [0.25, 0.3) is 11.0 Å². The second kappa shape index (κ2) is 7.43. The summed E-state index contributed by atoms with van der Waals surface area (Å²) in [5.74, 6) is 1.28. The fourth-order valence-electron chi connectivity index (χ4n) is 4.57. The van der Waals surface area contributed by atoms with E-state index in [0.717, 1.165) is 60.8 Å². The summed E-state index contributed by atoms with van der Waals surface area (Å²) in [6.45, 7) is 5.79. The molecule has 2 aliphatic carbocycles. The summed E-state index contributed by atoms with van der Waals surface area (Å²) >= 11 is 0. The highest BCUT2D eigenvalue weighted by atomic mass is 16.5. The number of amides is 1. The molecule has 0 unspecified atom stereocenters. The maximum Gasteiger partial charge on any atom is 0.223 e. The van der Waals surface area contributed by atoms with Gasteiger partial charge in [-0.1, -0.05) is 12.1 Å². The first-order valence-corrected chi connectivity index (χ1v) is 10.5. The standard InChI is InChI=1S/C23H31NO4/c1-14-13-27-21-19(14)5-4-6-20(21)28-18-11-15(12-18)22(25)24-17-9-7-16(8-10-17)23(2,3)26/h4-6,13,15-18,26H,7-12H2,1-3H3,(H,24,25). The van der Waals surface area contributed by atoms with E-state index in [1.165, 1.54) is 0 Å². The van der Waals surface area contributed by atoms with Crippen molar-refractivity contribution in [2.24, 2.45) is 11.8 Å². The number of carbonyl (C=O) groups excluding carboxylic acids is 1. The van der Waals surface area contributed by atoms with Gasteiger partial charge in [-0.05, 0) is 76.8 Å². The van der Waals surface area contributed by atoms with Gasteiger partial charge < -0.3 is 19.6 Å². The lowest BCUT2D eigenvalue weighted by Gasteiger charge is -2.38. The molecule has 5 heteroatoms. The topological polar surface area (TPSA) is 71.7 Å². The molecule has 0 bridgehead atoms. The number of fused-ring (bicyclic) bond motifs is 1. The molecule has 4 rings (SSSR count). The van der Waals surface area contributed by atoms with E-state index in [4.69, 9.17) is 9.15 Å². The maximum absolute atomic E-state index is 12.6. The molecular weight excluding hydrogens is 354 g/mol. The highest BCUT2D eigenvalue weighted by Crippen LogP contribution is 2.37. The zero-order valence-electron chi connectivity index (χ0n) is 17.0. The van der Waals surface area contributed by atoms with E-state index in [1.54, 1.807) is 6.26 Å². The molecule has 28 heavy (non-hydrogen) atoms. The van der Waals surface area contributed by atoms with E-state index in [9.17, 15) is 9.90 Å². The fourth-order valence-corrected chi connectivity index (χ4v) is 4.57. The van der Waals surface area contributed by atoms with Gasteiger partial charge in [-0.2, -0.15) is 0 Å². The number of aryl methyl sites for hydroxylation is 1. The maximum atomic E-state index is 12.6. The summed E-state index contributed by atoms with van der Waals surface area (Å²) in [4.78, 5) is 12.6. The fraction of sp³-hybridized carbons (Fsp3) is 0.609. The van der Waals surface area contributed by atoms with Gasteiger partial charge in [0.15, 0.2) is 11.3 Å².